The van der Waals surface area contributed by atoms with Gasteiger partial charge in [0.15, 0.2) is 0 Å². The third-order valence-corrected chi connectivity index (χ3v) is 4.11. The maximum Gasteiger partial charge on any atom is 0.437 e. The Morgan fingerprint density at radius 2 is 1.45 bits per heavy atom. The first-order valence-electron chi connectivity index (χ1n) is 4.92. The van der Waals surface area contributed by atoms with Crippen LogP contribution < -0.4 is 0 Å². The van der Waals surface area contributed by atoms with E-state index in [-0.39, 0.29) is 4.90 Å². The zero-order chi connectivity index (χ0) is 15.6. The fraction of sp³-hybridized carbons (Fsp3) is 0.400. The van der Waals surface area contributed by atoms with Crippen molar-refractivity contribution in [3.05, 3.63) is 30.3 Å². The highest BCUT2D eigenvalue weighted by Crippen LogP contribution is 2.49. The molecule has 1 aromatic carbocycles. The predicted octanol–water partition coefficient (Wildman–Crippen LogP) is 4.47. The van der Waals surface area contributed by atoms with Crippen molar-refractivity contribution in [1.29, 1.82) is 0 Å². The Morgan fingerprint density at radius 3 is 1.80 bits per heavy atom. The van der Waals surface area contributed by atoms with E-state index in [0.717, 1.165) is 7.11 Å². The highest BCUT2D eigenvalue weighted by atomic mass is 35.5. The molecule has 1 atom stereocenters. The molecule has 0 radical (unpaired) electrons. The molecular formula is C10H8ClF6NOS. The van der Waals surface area contributed by atoms with Crippen molar-refractivity contribution in [1.82, 2.24) is 0 Å². The van der Waals surface area contributed by atoms with Crippen molar-refractivity contribution >= 4 is 22.6 Å². The predicted molar refractivity (Wildman–Crippen MR) is 62.2 cm³/mol. The van der Waals surface area contributed by atoms with Crippen LogP contribution in [0.1, 0.15) is 0 Å². The van der Waals surface area contributed by atoms with Crippen LogP contribution in [0.4, 0.5) is 26.3 Å². The van der Waals surface area contributed by atoms with Crippen LogP contribution in [-0.2, 0) is 15.2 Å². The van der Waals surface area contributed by atoms with Crippen LogP contribution >= 0.6 is 11.6 Å². The van der Waals surface area contributed by atoms with Gasteiger partial charge in [0.25, 0.3) is 0 Å². The summed E-state index contributed by atoms with van der Waals surface area (Å²) in [4.78, 5) is -4.66. The van der Waals surface area contributed by atoms with Gasteiger partial charge < -0.3 is 4.18 Å². The van der Waals surface area contributed by atoms with E-state index in [1.54, 1.807) is 6.07 Å². The minimum Gasteiger partial charge on any atom is -0.306 e. The number of nitrogens with zero attached hydrogens (tertiary/aromatic N) is 1. The second kappa shape index (κ2) is 5.90. The number of hydrogen-bond acceptors (Lipinski definition) is 2. The molecule has 2 nitrogen and oxygen atoms in total. The number of rotatable bonds is 3. The van der Waals surface area contributed by atoms with E-state index >= 15 is 0 Å². The summed E-state index contributed by atoms with van der Waals surface area (Å²) in [5.41, 5.74) is 0. The second-order valence-electron chi connectivity index (χ2n) is 3.44. The summed E-state index contributed by atoms with van der Waals surface area (Å²) in [7, 11) is -1.16. The largest absolute Gasteiger partial charge is 0.437 e. The van der Waals surface area contributed by atoms with Gasteiger partial charge in [-0.05, 0) is 12.1 Å². The molecule has 1 aromatic rings. The third-order valence-electron chi connectivity index (χ3n) is 2.06. The summed E-state index contributed by atoms with van der Waals surface area (Å²) >= 11 is 4.73. The molecule has 0 N–H and O–H groups in total. The number of halogens is 7. The van der Waals surface area contributed by atoms with Gasteiger partial charge in [-0.2, -0.15) is 30.7 Å². The molecule has 0 aliphatic rings. The van der Waals surface area contributed by atoms with Gasteiger partial charge in [0, 0.05) is 4.90 Å². The molecule has 0 spiro atoms. The van der Waals surface area contributed by atoms with Crippen molar-refractivity contribution in [2.45, 2.75) is 22.2 Å². The average molecular weight is 340 g/mol. The Hall–Kier alpha value is -0.800. The van der Waals surface area contributed by atoms with Gasteiger partial charge in [-0.25, -0.2) is 0 Å². The summed E-state index contributed by atoms with van der Waals surface area (Å²) in [5, 5.41) is 0. The van der Waals surface area contributed by atoms with Crippen molar-refractivity contribution in [3.8, 4) is 0 Å². The van der Waals surface area contributed by atoms with Crippen LogP contribution in [-0.4, -0.2) is 24.5 Å². The Kier molecular flexibility index (Phi) is 5.09. The molecule has 0 fully saturated rings. The van der Waals surface area contributed by atoms with Gasteiger partial charge in [0.2, 0.25) is 0 Å². The van der Waals surface area contributed by atoms with E-state index in [1.165, 1.54) is 24.3 Å². The normalized spacial score (nSPS) is 15.4. The van der Waals surface area contributed by atoms with Crippen molar-refractivity contribution in [2.75, 3.05) is 7.11 Å². The van der Waals surface area contributed by atoms with Crippen LogP contribution in [0.15, 0.2) is 39.6 Å². The molecule has 0 amide bonds. The van der Waals surface area contributed by atoms with Gasteiger partial charge in [-0.15, -0.1) is 0 Å². The Labute approximate surface area is 118 Å². The van der Waals surface area contributed by atoms with Gasteiger partial charge in [0.05, 0.1) is 18.1 Å². The molecule has 0 aliphatic heterocycles. The lowest BCUT2D eigenvalue weighted by Gasteiger charge is -2.28. The Bertz CT molecular complexity index is 473. The molecule has 0 bridgehead atoms. The van der Waals surface area contributed by atoms with E-state index in [1.807, 2.05) is 0 Å². The molecule has 0 aromatic heterocycles. The smallest absolute Gasteiger partial charge is 0.306 e. The number of benzene rings is 1. The zero-order valence-corrected chi connectivity index (χ0v) is 11.4. The first-order chi connectivity index (χ1) is 9.03. The monoisotopic (exact) mass is 339 g/mol. The van der Waals surface area contributed by atoms with Crippen molar-refractivity contribution in [3.63, 3.8) is 0 Å². The zero-order valence-electron chi connectivity index (χ0n) is 9.80. The highest BCUT2D eigenvalue weighted by Gasteiger charge is 2.71. The SMILES string of the molecule is CO/S(=N\C(Cl)(C(F)(F)F)C(F)(F)F)c1ccccc1. The summed E-state index contributed by atoms with van der Waals surface area (Å²) in [6.07, 6.45) is -11.6. The number of hydrogen-bond donors (Lipinski definition) is 0. The molecule has 10 heteroatoms. The summed E-state index contributed by atoms with van der Waals surface area (Å²) in [5.74, 6) is 0. The first kappa shape index (κ1) is 17.3. The third kappa shape index (κ3) is 3.44. The molecular weight excluding hydrogens is 332 g/mol. The molecule has 0 aliphatic carbocycles. The summed E-state index contributed by atoms with van der Waals surface area (Å²) < 4.78 is 83.0. The van der Waals surface area contributed by atoms with Gasteiger partial charge in [0.1, 0.15) is 0 Å². The van der Waals surface area contributed by atoms with Crippen LogP contribution in [0.5, 0.6) is 0 Å². The number of alkyl halides is 7. The maximum atomic E-state index is 12.6. The summed E-state index contributed by atoms with van der Waals surface area (Å²) in [6.45, 7) is 0. The van der Waals surface area contributed by atoms with E-state index in [2.05, 4.69) is 8.55 Å². The quantitative estimate of drug-likeness (QED) is 0.452. The lowest BCUT2D eigenvalue weighted by Crippen LogP contribution is -2.51. The van der Waals surface area contributed by atoms with Crippen molar-refractivity contribution < 1.29 is 30.5 Å². The minimum atomic E-state index is -5.80. The molecule has 20 heavy (non-hydrogen) atoms. The van der Waals surface area contributed by atoms with Crippen LogP contribution in [0.3, 0.4) is 0 Å². The minimum absolute atomic E-state index is 0.0496. The van der Waals surface area contributed by atoms with E-state index in [0.29, 0.717) is 0 Å². The van der Waals surface area contributed by atoms with Crippen molar-refractivity contribution in [2.24, 2.45) is 4.36 Å². The van der Waals surface area contributed by atoms with E-state index < -0.39 is 28.3 Å². The van der Waals surface area contributed by atoms with Crippen LogP contribution in [0, 0.1) is 0 Å². The second-order valence-corrected chi connectivity index (χ2v) is 5.47. The summed E-state index contributed by atoms with van der Waals surface area (Å²) in [6, 6.07) is 6.99. The molecule has 114 valence electrons. The average Bonchev–Trinajstić information content (AvgIpc) is 2.34. The van der Waals surface area contributed by atoms with Gasteiger partial charge >= 0.3 is 17.4 Å². The first-order valence-corrected chi connectivity index (χ1v) is 6.40. The fourth-order valence-electron chi connectivity index (χ4n) is 1.10. The lowest BCUT2D eigenvalue weighted by molar-refractivity contribution is -0.264. The molecule has 0 saturated heterocycles. The van der Waals surface area contributed by atoms with E-state index in [9.17, 15) is 26.3 Å². The molecule has 1 unspecified atom stereocenters. The standard InChI is InChI=1S/C10H8ClF6NOS/c1-19-20(7-5-3-2-4-6-7)18-8(11,9(12,13)14)10(15,16)17/h2-6H,1H3. The molecule has 1 rings (SSSR count). The van der Waals surface area contributed by atoms with Crippen LogP contribution in [0.25, 0.3) is 0 Å². The van der Waals surface area contributed by atoms with Gasteiger partial charge in [-0.3, -0.25) is 0 Å². The maximum absolute atomic E-state index is 12.6. The van der Waals surface area contributed by atoms with E-state index in [4.69, 9.17) is 11.6 Å². The highest BCUT2D eigenvalue weighted by molar-refractivity contribution is 7.82. The molecule has 0 saturated carbocycles. The Balaban J connectivity index is 3.40. The van der Waals surface area contributed by atoms with Gasteiger partial charge in [-0.1, -0.05) is 29.8 Å². The van der Waals surface area contributed by atoms with Crippen LogP contribution in [0.2, 0.25) is 0 Å². The molecule has 0 heterocycles. The Morgan fingerprint density at radius 1 is 1.00 bits per heavy atom. The topological polar surface area (TPSA) is 21.6 Å². The fourth-order valence-corrected chi connectivity index (χ4v) is 2.49. The lowest BCUT2D eigenvalue weighted by atomic mass is 10.3.